The Morgan fingerprint density at radius 3 is 2.41 bits per heavy atom. The van der Waals surface area contributed by atoms with Gasteiger partial charge in [0.15, 0.2) is 0 Å². The van der Waals surface area contributed by atoms with E-state index in [9.17, 15) is 10.2 Å². The Morgan fingerprint density at radius 2 is 2.00 bits per heavy atom. The second kappa shape index (κ2) is 5.52. The summed E-state index contributed by atoms with van der Waals surface area (Å²) in [7, 11) is -0.751. The lowest BCUT2D eigenvalue weighted by atomic mass is 10.0. The largest absolute Gasteiger partial charge is 0.495 e. The molecule has 2 N–H and O–H groups in total. The summed E-state index contributed by atoms with van der Waals surface area (Å²) in [6.45, 7) is 9.85. The van der Waals surface area contributed by atoms with Crippen LogP contribution in [-0.4, -0.2) is 49.5 Å². The van der Waals surface area contributed by atoms with Crippen molar-refractivity contribution >= 4 is 8.80 Å². The fraction of sp³-hybridized carbons (Fsp3) is 0.833. The molecule has 0 aliphatic carbocycles. The standard InChI is InChI=1S/C12H23O4Si/c1-12(2,3)16-8-6-10(17(4)5)15-9(7-13)11(8)14/h6,8-9,11,13-14H,7H2,1-5H3/t8-,9-,11+/m1/s1. The van der Waals surface area contributed by atoms with Crippen LogP contribution in [0.25, 0.3) is 0 Å². The Morgan fingerprint density at radius 1 is 1.41 bits per heavy atom. The van der Waals surface area contributed by atoms with Crippen LogP contribution >= 0.6 is 0 Å². The summed E-state index contributed by atoms with van der Waals surface area (Å²) in [5.41, 5.74) is -0.334. The molecule has 3 atom stereocenters. The molecule has 1 aliphatic rings. The Hall–Kier alpha value is -0.363. The number of hydrogen-bond acceptors (Lipinski definition) is 4. The van der Waals surface area contributed by atoms with Crippen molar-refractivity contribution < 1.29 is 19.7 Å². The van der Waals surface area contributed by atoms with E-state index in [1.165, 1.54) is 0 Å². The van der Waals surface area contributed by atoms with E-state index in [4.69, 9.17) is 9.47 Å². The third-order valence-electron chi connectivity index (χ3n) is 2.47. The summed E-state index contributed by atoms with van der Waals surface area (Å²) < 4.78 is 11.4. The highest BCUT2D eigenvalue weighted by Crippen LogP contribution is 2.25. The zero-order valence-electron chi connectivity index (χ0n) is 11.2. The van der Waals surface area contributed by atoms with Gasteiger partial charge < -0.3 is 19.7 Å². The zero-order valence-corrected chi connectivity index (χ0v) is 12.2. The topological polar surface area (TPSA) is 58.9 Å². The minimum absolute atomic E-state index is 0.197. The molecule has 99 valence electrons. The maximum absolute atomic E-state index is 10.0. The summed E-state index contributed by atoms with van der Waals surface area (Å²) in [6.07, 6.45) is 0.0542. The first kappa shape index (κ1) is 14.7. The van der Waals surface area contributed by atoms with Crippen molar-refractivity contribution in [3.8, 4) is 0 Å². The van der Waals surface area contributed by atoms with Gasteiger partial charge >= 0.3 is 0 Å². The molecule has 0 saturated heterocycles. The summed E-state index contributed by atoms with van der Waals surface area (Å²) in [5.74, 6) is 0. The van der Waals surface area contributed by atoms with Crippen LogP contribution in [0.3, 0.4) is 0 Å². The van der Waals surface area contributed by atoms with E-state index in [0.717, 1.165) is 5.38 Å². The van der Waals surface area contributed by atoms with Crippen LogP contribution in [-0.2, 0) is 9.47 Å². The molecule has 1 aliphatic heterocycles. The highest BCUT2D eigenvalue weighted by atomic mass is 28.3. The summed E-state index contributed by atoms with van der Waals surface area (Å²) in [5, 5.41) is 20.1. The number of rotatable bonds is 3. The minimum atomic E-state index is -0.815. The third-order valence-corrected chi connectivity index (χ3v) is 3.74. The van der Waals surface area contributed by atoms with Gasteiger partial charge in [-0.2, -0.15) is 0 Å². The predicted molar refractivity (Wildman–Crippen MR) is 68.2 cm³/mol. The van der Waals surface area contributed by atoms with E-state index in [-0.39, 0.29) is 12.2 Å². The number of aliphatic hydroxyl groups excluding tert-OH is 2. The van der Waals surface area contributed by atoms with Gasteiger partial charge in [0, 0.05) is 0 Å². The monoisotopic (exact) mass is 259 g/mol. The summed E-state index contributed by atoms with van der Waals surface area (Å²) in [4.78, 5) is 0. The SMILES string of the molecule is C[Si](C)C1=C[C@@H](OC(C)(C)C)[C@H](O)[C@@H](CO)O1. The van der Waals surface area contributed by atoms with Gasteiger partial charge in [-0.25, -0.2) is 0 Å². The molecule has 0 saturated carbocycles. The Bertz CT molecular complexity index is 283. The van der Waals surface area contributed by atoms with Crippen molar-refractivity contribution in [2.75, 3.05) is 6.61 Å². The highest BCUT2D eigenvalue weighted by molar-refractivity contribution is 6.63. The third kappa shape index (κ3) is 4.10. The molecule has 0 spiro atoms. The molecule has 0 aromatic rings. The molecule has 0 unspecified atom stereocenters. The van der Waals surface area contributed by atoms with Gasteiger partial charge in [-0.05, 0) is 26.8 Å². The average molecular weight is 259 g/mol. The molecular weight excluding hydrogens is 236 g/mol. The smallest absolute Gasteiger partial charge is 0.149 e. The molecule has 4 nitrogen and oxygen atoms in total. The first-order valence-electron chi connectivity index (χ1n) is 5.90. The van der Waals surface area contributed by atoms with Crippen molar-refractivity contribution in [3.05, 3.63) is 11.5 Å². The average Bonchev–Trinajstić information content (AvgIpc) is 2.18. The normalized spacial score (nSPS) is 30.1. The second-order valence-corrected chi connectivity index (χ2v) is 8.05. The molecule has 1 radical (unpaired) electrons. The summed E-state index contributed by atoms with van der Waals surface area (Å²) >= 11 is 0. The molecule has 0 aromatic heterocycles. The highest BCUT2D eigenvalue weighted by Gasteiger charge is 2.36. The lowest BCUT2D eigenvalue weighted by Crippen LogP contribution is -2.48. The first-order chi connectivity index (χ1) is 7.74. The second-order valence-electron chi connectivity index (χ2n) is 5.56. The molecule has 17 heavy (non-hydrogen) atoms. The van der Waals surface area contributed by atoms with Crippen LogP contribution in [0.5, 0.6) is 0 Å². The van der Waals surface area contributed by atoms with E-state index in [2.05, 4.69) is 13.1 Å². The summed E-state index contributed by atoms with van der Waals surface area (Å²) in [6, 6.07) is 0. The molecule has 5 heteroatoms. The van der Waals surface area contributed by atoms with Crippen LogP contribution in [0.4, 0.5) is 0 Å². The number of hydrogen-bond donors (Lipinski definition) is 2. The van der Waals surface area contributed by atoms with Crippen molar-refractivity contribution in [1.29, 1.82) is 0 Å². The van der Waals surface area contributed by atoms with Gasteiger partial charge in [0.05, 0.1) is 17.6 Å². The van der Waals surface area contributed by atoms with Crippen molar-refractivity contribution in [2.24, 2.45) is 0 Å². The Balaban J connectivity index is 2.88. The zero-order chi connectivity index (χ0) is 13.2. The molecule has 0 aromatic carbocycles. The van der Waals surface area contributed by atoms with Gasteiger partial charge in [-0.1, -0.05) is 13.1 Å². The van der Waals surface area contributed by atoms with Gasteiger partial charge in [-0.15, -0.1) is 0 Å². The predicted octanol–water partition coefficient (Wildman–Crippen LogP) is 1.10. The van der Waals surface area contributed by atoms with E-state index in [1.807, 2.05) is 26.8 Å². The lowest BCUT2D eigenvalue weighted by molar-refractivity contribution is -0.142. The van der Waals surface area contributed by atoms with Crippen LogP contribution < -0.4 is 0 Å². The lowest BCUT2D eigenvalue weighted by Gasteiger charge is -2.37. The fourth-order valence-electron chi connectivity index (χ4n) is 1.67. The minimum Gasteiger partial charge on any atom is -0.495 e. The van der Waals surface area contributed by atoms with Gasteiger partial charge in [-0.3, -0.25) is 0 Å². The van der Waals surface area contributed by atoms with E-state index in [0.29, 0.717) is 0 Å². The van der Waals surface area contributed by atoms with Crippen LogP contribution in [0.1, 0.15) is 20.8 Å². The van der Waals surface area contributed by atoms with E-state index in [1.54, 1.807) is 0 Å². The quantitative estimate of drug-likeness (QED) is 0.745. The first-order valence-corrected chi connectivity index (χ1v) is 8.40. The number of aliphatic hydroxyl groups is 2. The maximum Gasteiger partial charge on any atom is 0.149 e. The molecule has 0 fully saturated rings. The van der Waals surface area contributed by atoms with Crippen molar-refractivity contribution in [2.45, 2.75) is 57.8 Å². The van der Waals surface area contributed by atoms with Crippen molar-refractivity contribution in [1.82, 2.24) is 0 Å². The van der Waals surface area contributed by atoms with Crippen LogP contribution in [0, 0.1) is 0 Å². The molecule has 0 amide bonds. The Kier molecular flexibility index (Phi) is 4.77. The van der Waals surface area contributed by atoms with Gasteiger partial charge in [0.1, 0.15) is 27.1 Å². The molecule has 1 heterocycles. The molecular formula is C12H23O4Si. The fourth-order valence-corrected chi connectivity index (χ4v) is 2.56. The van der Waals surface area contributed by atoms with Crippen LogP contribution in [0.15, 0.2) is 11.5 Å². The van der Waals surface area contributed by atoms with E-state index < -0.39 is 27.1 Å². The van der Waals surface area contributed by atoms with Gasteiger partial charge in [0.2, 0.25) is 0 Å². The maximum atomic E-state index is 10.0. The molecule has 1 rings (SSSR count). The van der Waals surface area contributed by atoms with Gasteiger partial charge in [0.25, 0.3) is 0 Å². The van der Waals surface area contributed by atoms with E-state index >= 15 is 0 Å². The van der Waals surface area contributed by atoms with Crippen molar-refractivity contribution in [3.63, 3.8) is 0 Å². The molecule has 0 bridgehead atoms. The number of ether oxygens (including phenoxy) is 2. The van der Waals surface area contributed by atoms with Crippen LogP contribution in [0.2, 0.25) is 13.1 Å². The Labute approximate surface area is 105 Å².